The van der Waals surface area contributed by atoms with Crippen LogP contribution in [0.3, 0.4) is 0 Å². The number of ether oxygens (including phenoxy) is 1. The van der Waals surface area contributed by atoms with Gasteiger partial charge in [0.25, 0.3) is 5.91 Å². The summed E-state index contributed by atoms with van der Waals surface area (Å²) in [6.45, 7) is 3.33. The molecular weight excluding hydrogens is 352 g/mol. The van der Waals surface area contributed by atoms with Crippen LogP contribution in [0.2, 0.25) is 0 Å². The first kappa shape index (κ1) is 18.5. The summed E-state index contributed by atoms with van der Waals surface area (Å²) in [6, 6.07) is 15.6. The maximum Gasteiger partial charge on any atom is 0.253 e. The molecular formula is C23H26N2O3. The van der Waals surface area contributed by atoms with Gasteiger partial charge in [0.1, 0.15) is 5.75 Å². The maximum absolute atomic E-state index is 13.2. The van der Waals surface area contributed by atoms with Crippen LogP contribution < -0.4 is 9.64 Å². The fourth-order valence-corrected chi connectivity index (χ4v) is 4.37. The SMILES string of the molecule is COc1cccc(C(=O)N2CCC(C(=O)N3c4ccccc4CC3C)CC2)c1. The van der Waals surface area contributed by atoms with E-state index in [1.807, 2.05) is 46.2 Å². The van der Waals surface area contributed by atoms with E-state index in [9.17, 15) is 9.59 Å². The topological polar surface area (TPSA) is 49.9 Å². The van der Waals surface area contributed by atoms with Crippen molar-refractivity contribution in [3.05, 3.63) is 59.7 Å². The minimum Gasteiger partial charge on any atom is -0.497 e. The van der Waals surface area contributed by atoms with E-state index < -0.39 is 0 Å². The first-order valence-corrected chi connectivity index (χ1v) is 9.93. The van der Waals surface area contributed by atoms with Crippen molar-refractivity contribution >= 4 is 17.5 Å². The van der Waals surface area contributed by atoms with Crippen LogP contribution in [-0.2, 0) is 11.2 Å². The number of carbonyl (C=O) groups excluding carboxylic acids is 2. The zero-order valence-corrected chi connectivity index (χ0v) is 16.4. The molecule has 1 saturated heterocycles. The molecule has 2 aliphatic heterocycles. The smallest absolute Gasteiger partial charge is 0.253 e. The molecule has 0 aliphatic carbocycles. The molecule has 1 fully saturated rings. The van der Waals surface area contributed by atoms with E-state index in [0.717, 1.165) is 12.1 Å². The Morgan fingerprint density at radius 2 is 1.79 bits per heavy atom. The number of fused-ring (bicyclic) bond motifs is 1. The van der Waals surface area contributed by atoms with E-state index in [0.29, 0.717) is 37.2 Å². The van der Waals surface area contributed by atoms with Crippen LogP contribution in [0.5, 0.6) is 5.75 Å². The highest BCUT2D eigenvalue weighted by molar-refractivity contribution is 5.98. The van der Waals surface area contributed by atoms with Crippen LogP contribution in [-0.4, -0.2) is 43.0 Å². The molecule has 1 unspecified atom stereocenters. The van der Waals surface area contributed by atoms with Crippen molar-refractivity contribution in [2.24, 2.45) is 5.92 Å². The lowest BCUT2D eigenvalue weighted by Gasteiger charge is -2.34. The van der Waals surface area contributed by atoms with Crippen LogP contribution in [0.1, 0.15) is 35.7 Å². The molecule has 2 aliphatic rings. The summed E-state index contributed by atoms with van der Waals surface area (Å²) < 4.78 is 5.22. The van der Waals surface area contributed by atoms with E-state index in [1.165, 1.54) is 5.56 Å². The van der Waals surface area contributed by atoms with Crippen molar-refractivity contribution in [1.82, 2.24) is 4.90 Å². The first-order valence-electron chi connectivity index (χ1n) is 9.93. The molecule has 0 aromatic heterocycles. The van der Waals surface area contributed by atoms with Gasteiger partial charge in [-0.2, -0.15) is 0 Å². The molecule has 0 radical (unpaired) electrons. The number of hydrogen-bond donors (Lipinski definition) is 0. The van der Waals surface area contributed by atoms with E-state index in [1.54, 1.807) is 13.2 Å². The number of anilines is 1. The number of piperidine rings is 1. The third-order valence-electron chi connectivity index (χ3n) is 5.89. The molecule has 2 aromatic rings. The van der Waals surface area contributed by atoms with Crippen molar-refractivity contribution in [2.45, 2.75) is 32.2 Å². The molecule has 1 atom stereocenters. The zero-order valence-electron chi connectivity index (χ0n) is 16.4. The minimum absolute atomic E-state index is 0.00434. The van der Waals surface area contributed by atoms with Crippen LogP contribution >= 0.6 is 0 Å². The average Bonchev–Trinajstić information content (AvgIpc) is 3.08. The lowest BCUT2D eigenvalue weighted by Crippen LogP contribution is -2.46. The molecule has 2 heterocycles. The van der Waals surface area contributed by atoms with E-state index in [4.69, 9.17) is 4.74 Å². The Balaban J connectivity index is 1.41. The Morgan fingerprint density at radius 3 is 2.54 bits per heavy atom. The molecule has 5 nitrogen and oxygen atoms in total. The van der Waals surface area contributed by atoms with Gasteiger partial charge >= 0.3 is 0 Å². The van der Waals surface area contributed by atoms with Crippen LogP contribution in [0.4, 0.5) is 5.69 Å². The van der Waals surface area contributed by atoms with E-state index in [2.05, 4.69) is 13.0 Å². The van der Waals surface area contributed by atoms with Gasteiger partial charge < -0.3 is 14.5 Å². The molecule has 0 spiro atoms. The molecule has 0 bridgehead atoms. The summed E-state index contributed by atoms with van der Waals surface area (Å²) in [5.74, 6) is 0.858. The number of likely N-dealkylation sites (tertiary alicyclic amines) is 1. The Bertz CT molecular complexity index is 887. The number of methoxy groups -OCH3 is 1. The standard InChI is InChI=1S/C23H26N2O3/c1-16-14-18-6-3-4-9-21(18)25(16)23(27)17-10-12-24(13-11-17)22(26)19-7-5-8-20(15-19)28-2/h3-9,15-17H,10-14H2,1-2H3. The van der Waals surface area contributed by atoms with Crippen molar-refractivity contribution in [3.63, 3.8) is 0 Å². The summed E-state index contributed by atoms with van der Waals surface area (Å²) in [5, 5.41) is 0. The number of para-hydroxylation sites is 1. The normalized spacial score (nSPS) is 19.4. The van der Waals surface area contributed by atoms with Crippen molar-refractivity contribution < 1.29 is 14.3 Å². The molecule has 0 saturated carbocycles. The monoisotopic (exact) mass is 378 g/mol. The second-order valence-electron chi connectivity index (χ2n) is 7.69. The summed E-state index contributed by atoms with van der Waals surface area (Å²) in [7, 11) is 1.60. The number of benzene rings is 2. The Kier molecular flexibility index (Phi) is 5.07. The van der Waals surface area contributed by atoms with Gasteiger partial charge in [-0.15, -0.1) is 0 Å². The van der Waals surface area contributed by atoms with Gasteiger partial charge in [0, 0.05) is 36.3 Å². The lowest BCUT2D eigenvalue weighted by atomic mass is 9.94. The number of rotatable bonds is 3. The molecule has 2 amide bonds. The maximum atomic E-state index is 13.2. The molecule has 2 aromatic carbocycles. The van der Waals surface area contributed by atoms with Crippen LogP contribution in [0, 0.1) is 5.92 Å². The van der Waals surface area contributed by atoms with Gasteiger partial charge in [0.05, 0.1) is 7.11 Å². The third-order valence-corrected chi connectivity index (χ3v) is 5.89. The number of carbonyl (C=O) groups is 2. The fourth-order valence-electron chi connectivity index (χ4n) is 4.37. The van der Waals surface area contributed by atoms with Crippen molar-refractivity contribution in [1.29, 1.82) is 0 Å². The predicted molar refractivity (Wildman–Crippen MR) is 109 cm³/mol. The third kappa shape index (κ3) is 3.37. The second kappa shape index (κ2) is 7.66. The van der Waals surface area contributed by atoms with Crippen LogP contribution in [0.25, 0.3) is 0 Å². The highest BCUT2D eigenvalue weighted by Gasteiger charge is 2.36. The molecule has 28 heavy (non-hydrogen) atoms. The van der Waals surface area contributed by atoms with Crippen LogP contribution in [0.15, 0.2) is 48.5 Å². The van der Waals surface area contributed by atoms with E-state index in [-0.39, 0.29) is 23.8 Å². The molecule has 4 rings (SSSR count). The number of amides is 2. The highest BCUT2D eigenvalue weighted by Crippen LogP contribution is 2.34. The highest BCUT2D eigenvalue weighted by atomic mass is 16.5. The average molecular weight is 378 g/mol. The lowest BCUT2D eigenvalue weighted by molar-refractivity contribution is -0.124. The minimum atomic E-state index is -0.0250. The Labute approximate surface area is 165 Å². The Hall–Kier alpha value is -2.82. The molecule has 5 heteroatoms. The number of hydrogen-bond acceptors (Lipinski definition) is 3. The Morgan fingerprint density at radius 1 is 1.04 bits per heavy atom. The first-order chi connectivity index (χ1) is 13.6. The quantitative estimate of drug-likeness (QED) is 0.821. The van der Waals surface area contributed by atoms with Gasteiger partial charge in [0.2, 0.25) is 5.91 Å². The van der Waals surface area contributed by atoms with Gasteiger partial charge in [-0.3, -0.25) is 9.59 Å². The predicted octanol–water partition coefficient (Wildman–Crippen LogP) is 3.53. The largest absolute Gasteiger partial charge is 0.497 e. The van der Waals surface area contributed by atoms with Gasteiger partial charge in [-0.25, -0.2) is 0 Å². The summed E-state index contributed by atoms with van der Waals surface area (Å²) in [6.07, 6.45) is 2.33. The number of nitrogens with zero attached hydrogens (tertiary/aromatic N) is 2. The van der Waals surface area contributed by atoms with Gasteiger partial charge in [-0.1, -0.05) is 24.3 Å². The molecule has 146 valence electrons. The summed E-state index contributed by atoms with van der Waals surface area (Å²) >= 11 is 0. The molecule has 0 N–H and O–H groups in total. The van der Waals surface area contributed by atoms with Gasteiger partial charge in [0.15, 0.2) is 0 Å². The van der Waals surface area contributed by atoms with E-state index >= 15 is 0 Å². The van der Waals surface area contributed by atoms with Crippen molar-refractivity contribution in [3.8, 4) is 5.75 Å². The summed E-state index contributed by atoms with van der Waals surface area (Å²) in [5.41, 5.74) is 2.93. The van der Waals surface area contributed by atoms with Crippen molar-refractivity contribution in [2.75, 3.05) is 25.1 Å². The summed E-state index contributed by atoms with van der Waals surface area (Å²) in [4.78, 5) is 29.8. The fraction of sp³-hybridized carbons (Fsp3) is 0.391. The zero-order chi connectivity index (χ0) is 19.7. The van der Waals surface area contributed by atoms with Gasteiger partial charge in [-0.05, 0) is 56.0 Å². The second-order valence-corrected chi connectivity index (χ2v) is 7.69.